The third-order valence-corrected chi connectivity index (χ3v) is 3.44. The topological polar surface area (TPSA) is 44.5 Å². The molecule has 18 heavy (non-hydrogen) atoms. The molecule has 1 heterocycles. The zero-order valence-corrected chi connectivity index (χ0v) is 11.6. The number of benzene rings is 1. The van der Waals surface area contributed by atoms with Crippen molar-refractivity contribution in [3.8, 4) is 5.75 Å². The lowest BCUT2D eigenvalue weighted by Crippen LogP contribution is -2.19. The van der Waals surface area contributed by atoms with E-state index in [4.69, 9.17) is 26.8 Å². The fraction of sp³-hybridized carbons (Fsp3) is 0.571. The first-order valence-electron chi connectivity index (χ1n) is 6.39. The molecule has 4 heteroatoms. The second-order valence-corrected chi connectivity index (χ2v) is 5.36. The molecule has 0 spiro atoms. The van der Waals surface area contributed by atoms with Crippen LogP contribution in [0.4, 0.5) is 0 Å². The lowest BCUT2D eigenvalue weighted by molar-refractivity contribution is 0.0262. The summed E-state index contributed by atoms with van der Waals surface area (Å²) < 4.78 is 11.5. The van der Waals surface area contributed by atoms with Crippen LogP contribution < -0.4 is 10.5 Å². The maximum absolute atomic E-state index is 5.97. The monoisotopic (exact) mass is 269 g/mol. The third-order valence-electron chi connectivity index (χ3n) is 3.21. The van der Waals surface area contributed by atoms with E-state index in [1.165, 1.54) is 0 Å². The Kier molecular flexibility index (Phi) is 4.49. The number of ether oxygens (including phenoxy) is 2. The van der Waals surface area contributed by atoms with Gasteiger partial charge in [-0.05, 0) is 44.9 Å². The van der Waals surface area contributed by atoms with Crippen molar-refractivity contribution < 1.29 is 9.47 Å². The SMILES string of the molecule is CC1CCC(COc2ccc(Cl)cc2[C@@H](C)N)O1. The Morgan fingerprint density at radius 3 is 2.89 bits per heavy atom. The van der Waals surface area contributed by atoms with Crippen LogP contribution in [-0.2, 0) is 4.74 Å². The average molecular weight is 270 g/mol. The summed E-state index contributed by atoms with van der Waals surface area (Å²) in [6, 6.07) is 5.46. The first-order valence-corrected chi connectivity index (χ1v) is 6.77. The molecule has 2 unspecified atom stereocenters. The molecular formula is C14H20ClNO2. The minimum absolute atomic E-state index is 0.0953. The van der Waals surface area contributed by atoms with E-state index >= 15 is 0 Å². The molecule has 0 aromatic heterocycles. The van der Waals surface area contributed by atoms with Gasteiger partial charge in [-0.2, -0.15) is 0 Å². The molecule has 0 aliphatic carbocycles. The highest BCUT2D eigenvalue weighted by atomic mass is 35.5. The molecule has 0 radical (unpaired) electrons. The minimum atomic E-state index is -0.0953. The molecule has 0 saturated carbocycles. The third kappa shape index (κ3) is 3.37. The molecular weight excluding hydrogens is 250 g/mol. The van der Waals surface area contributed by atoms with Crippen molar-refractivity contribution >= 4 is 11.6 Å². The molecule has 2 N–H and O–H groups in total. The molecule has 3 nitrogen and oxygen atoms in total. The standard InChI is InChI=1S/C14H20ClNO2/c1-9-3-5-12(18-9)8-17-14-6-4-11(15)7-13(14)10(2)16/h4,6-7,9-10,12H,3,5,8,16H2,1-2H3/t9?,10-,12?/m1/s1. The van der Waals surface area contributed by atoms with Crippen molar-refractivity contribution in [3.05, 3.63) is 28.8 Å². The molecule has 1 aliphatic heterocycles. The number of halogens is 1. The van der Waals surface area contributed by atoms with Gasteiger partial charge in [-0.1, -0.05) is 11.6 Å². The van der Waals surface area contributed by atoms with Gasteiger partial charge in [-0.15, -0.1) is 0 Å². The Labute approximate surface area is 113 Å². The molecule has 2 rings (SSSR count). The van der Waals surface area contributed by atoms with Gasteiger partial charge in [-0.3, -0.25) is 0 Å². The predicted octanol–water partition coefficient (Wildman–Crippen LogP) is 3.31. The molecule has 0 amide bonds. The Morgan fingerprint density at radius 1 is 1.50 bits per heavy atom. The van der Waals surface area contributed by atoms with Gasteiger partial charge < -0.3 is 15.2 Å². The van der Waals surface area contributed by atoms with Gasteiger partial charge in [0.05, 0.1) is 12.2 Å². The molecule has 1 aliphatic rings. The maximum Gasteiger partial charge on any atom is 0.124 e. The fourth-order valence-corrected chi connectivity index (χ4v) is 2.38. The summed E-state index contributed by atoms with van der Waals surface area (Å²) in [5, 5.41) is 0.681. The second-order valence-electron chi connectivity index (χ2n) is 4.93. The Morgan fingerprint density at radius 2 is 2.28 bits per heavy atom. The lowest BCUT2D eigenvalue weighted by atomic mass is 10.1. The highest BCUT2D eigenvalue weighted by Gasteiger charge is 2.22. The Bertz CT molecular complexity index is 409. The van der Waals surface area contributed by atoms with Crippen molar-refractivity contribution in [1.29, 1.82) is 0 Å². The number of hydrogen-bond donors (Lipinski definition) is 1. The van der Waals surface area contributed by atoms with Gasteiger partial charge >= 0.3 is 0 Å². The first-order chi connectivity index (χ1) is 8.56. The number of rotatable bonds is 4. The van der Waals surface area contributed by atoms with Crippen molar-refractivity contribution in [2.45, 2.75) is 44.9 Å². The van der Waals surface area contributed by atoms with E-state index in [0.29, 0.717) is 17.7 Å². The van der Waals surface area contributed by atoms with Crippen LogP contribution in [-0.4, -0.2) is 18.8 Å². The lowest BCUT2D eigenvalue weighted by Gasteiger charge is -2.17. The van der Waals surface area contributed by atoms with Gasteiger partial charge in [-0.25, -0.2) is 0 Å². The summed E-state index contributed by atoms with van der Waals surface area (Å²) >= 11 is 5.97. The highest BCUT2D eigenvalue weighted by Crippen LogP contribution is 2.28. The quantitative estimate of drug-likeness (QED) is 0.912. The highest BCUT2D eigenvalue weighted by molar-refractivity contribution is 6.30. The van der Waals surface area contributed by atoms with Crippen LogP contribution in [0.1, 0.15) is 38.3 Å². The zero-order chi connectivity index (χ0) is 13.1. The second kappa shape index (κ2) is 5.91. The summed E-state index contributed by atoms with van der Waals surface area (Å²) in [4.78, 5) is 0. The van der Waals surface area contributed by atoms with Crippen LogP contribution in [0.3, 0.4) is 0 Å². The van der Waals surface area contributed by atoms with Crippen LogP contribution >= 0.6 is 11.6 Å². The van der Waals surface area contributed by atoms with Crippen molar-refractivity contribution in [2.75, 3.05) is 6.61 Å². The van der Waals surface area contributed by atoms with Gasteiger partial charge in [0, 0.05) is 16.6 Å². The molecule has 1 fully saturated rings. The van der Waals surface area contributed by atoms with Crippen LogP contribution in [0.25, 0.3) is 0 Å². The van der Waals surface area contributed by atoms with E-state index in [0.717, 1.165) is 24.2 Å². The minimum Gasteiger partial charge on any atom is -0.491 e. The summed E-state index contributed by atoms with van der Waals surface area (Å²) in [6.07, 6.45) is 2.70. The van der Waals surface area contributed by atoms with E-state index in [1.54, 1.807) is 0 Å². The number of nitrogens with two attached hydrogens (primary N) is 1. The van der Waals surface area contributed by atoms with Crippen LogP contribution in [0.2, 0.25) is 5.02 Å². The molecule has 1 saturated heterocycles. The fourth-order valence-electron chi connectivity index (χ4n) is 2.20. The smallest absolute Gasteiger partial charge is 0.124 e. The van der Waals surface area contributed by atoms with Gasteiger partial charge in [0.1, 0.15) is 12.4 Å². The van der Waals surface area contributed by atoms with E-state index in [1.807, 2.05) is 25.1 Å². The summed E-state index contributed by atoms with van der Waals surface area (Å²) in [5.41, 5.74) is 6.86. The molecule has 3 atom stereocenters. The molecule has 100 valence electrons. The molecule has 0 bridgehead atoms. The van der Waals surface area contributed by atoms with Crippen LogP contribution in [0.15, 0.2) is 18.2 Å². The molecule has 1 aromatic carbocycles. The van der Waals surface area contributed by atoms with Crippen molar-refractivity contribution in [1.82, 2.24) is 0 Å². The Balaban J connectivity index is 2.00. The van der Waals surface area contributed by atoms with Crippen molar-refractivity contribution in [2.24, 2.45) is 5.73 Å². The van der Waals surface area contributed by atoms with Gasteiger partial charge in [0.15, 0.2) is 0 Å². The van der Waals surface area contributed by atoms with Crippen LogP contribution in [0.5, 0.6) is 5.75 Å². The van der Waals surface area contributed by atoms with Crippen molar-refractivity contribution in [3.63, 3.8) is 0 Å². The van der Waals surface area contributed by atoms with E-state index in [2.05, 4.69) is 6.92 Å². The predicted molar refractivity (Wildman–Crippen MR) is 73.1 cm³/mol. The average Bonchev–Trinajstić information content (AvgIpc) is 2.73. The van der Waals surface area contributed by atoms with E-state index in [-0.39, 0.29) is 12.1 Å². The van der Waals surface area contributed by atoms with E-state index in [9.17, 15) is 0 Å². The number of hydrogen-bond acceptors (Lipinski definition) is 3. The summed E-state index contributed by atoms with van der Waals surface area (Å²) in [5.74, 6) is 0.803. The van der Waals surface area contributed by atoms with Crippen LogP contribution in [0, 0.1) is 0 Å². The summed E-state index contributed by atoms with van der Waals surface area (Å²) in [6.45, 7) is 4.59. The maximum atomic E-state index is 5.97. The molecule has 1 aromatic rings. The largest absolute Gasteiger partial charge is 0.491 e. The normalized spacial score (nSPS) is 25.1. The Hall–Kier alpha value is -0.770. The van der Waals surface area contributed by atoms with Gasteiger partial charge in [0.2, 0.25) is 0 Å². The summed E-state index contributed by atoms with van der Waals surface area (Å²) in [7, 11) is 0. The van der Waals surface area contributed by atoms with Gasteiger partial charge in [0.25, 0.3) is 0 Å². The first kappa shape index (κ1) is 13.7. The van der Waals surface area contributed by atoms with E-state index < -0.39 is 0 Å². The zero-order valence-electron chi connectivity index (χ0n) is 10.9.